The van der Waals surface area contributed by atoms with E-state index in [-0.39, 0.29) is 6.10 Å². The molecule has 1 saturated carbocycles. The molecule has 1 aliphatic carbocycles. The molecule has 3 atom stereocenters. The van der Waals surface area contributed by atoms with Crippen LogP contribution in [0.15, 0.2) is 0 Å². The Morgan fingerprint density at radius 3 is 2.62 bits per heavy atom. The van der Waals surface area contributed by atoms with E-state index in [0.29, 0.717) is 4.75 Å². The minimum atomic E-state index is -0.119. The van der Waals surface area contributed by atoms with Gasteiger partial charge in [-0.05, 0) is 44.3 Å². The van der Waals surface area contributed by atoms with Gasteiger partial charge in [0.25, 0.3) is 0 Å². The van der Waals surface area contributed by atoms with E-state index in [9.17, 15) is 5.11 Å². The molecule has 1 N–H and O–H groups in total. The molecular weight excluding hydrogens is 180 g/mol. The van der Waals surface area contributed by atoms with Gasteiger partial charge in [0, 0.05) is 4.75 Å². The lowest BCUT2D eigenvalue weighted by Gasteiger charge is -2.16. The van der Waals surface area contributed by atoms with Gasteiger partial charge in [-0.3, -0.25) is 0 Å². The summed E-state index contributed by atoms with van der Waals surface area (Å²) in [6.07, 6.45) is 4.70. The zero-order chi connectivity index (χ0) is 9.90. The highest BCUT2D eigenvalue weighted by atomic mass is 32.2. The fourth-order valence-corrected chi connectivity index (χ4v) is 3.36. The second-order valence-corrected chi connectivity index (χ2v) is 5.92. The molecule has 0 aromatic carbocycles. The second-order valence-electron chi connectivity index (χ2n) is 4.41. The van der Waals surface area contributed by atoms with E-state index < -0.39 is 0 Å². The number of hydrogen-bond acceptors (Lipinski definition) is 2. The lowest BCUT2D eigenvalue weighted by atomic mass is 10.1. The molecule has 78 valence electrons. The average Bonchev–Trinajstić information content (AvgIpc) is 2.71. The van der Waals surface area contributed by atoms with Crippen LogP contribution in [0.25, 0.3) is 0 Å². The third-order valence-corrected chi connectivity index (χ3v) is 4.93. The van der Waals surface area contributed by atoms with Crippen molar-refractivity contribution >= 4 is 11.8 Å². The van der Waals surface area contributed by atoms with Gasteiger partial charge in [0.1, 0.15) is 0 Å². The van der Waals surface area contributed by atoms with Crippen molar-refractivity contribution in [3.05, 3.63) is 0 Å². The zero-order valence-electron chi connectivity index (χ0n) is 9.05. The Kier molecular flexibility index (Phi) is 4.11. The maximum atomic E-state index is 9.25. The molecule has 13 heavy (non-hydrogen) atoms. The molecule has 2 heteroatoms. The standard InChI is InChI=1S/C11H22OS/c1-4-7-13-11(8-9(11)2)6-5-10(3)12/h9-10,12H,4-8H2,1-3H3. The Labute approximate surface area is 86.3 Å². The van der Waals surface area contributed by atoms with Gasteiger partial charge in [0.2, 0.25) is 0 Å². The highest BCUT2D eigenvalue weighted by molar-refractivity contribution is 8.00. The summed E-state index contributed by atoms with van der Waals surface area (Å²) >= 11 is 2.13. The summed E-state index contributed by atoms with van der Waals surface area (Å²) in [7, 11) is 0. The Bertz CT molecular complexity index is 158. The first-order valence-corrected chi connectivity index (χ1v) is 6.41. The van der Waals surface area contributed by atoms with Crippen molar-refractivity contribution in [2.45, 2.75) is 57.3 Å². The van der Waals surface area contributed by atoms with Gasteiger partial charge < -0.3 is 5.11 Å². The smallest absolute Gasteiger partial charge is 0.0512 e. The molecular formula is C11H22OS. The SMILES string of the molecule is CCCSC1(CCC(C)O)CC1C. The molecule has 0 heterocycles. The Hall–Kier alpha value is 0.310. The van der Waals surface area contributed by atoms with Crippen LogP contribution < -0.4 is 0 Å². The molecule has 0 bridgehead atoms. The zero-order valence-corrected chi connectivity index (χ0v) is 9.86. The van der Waals surface area contributed by atoms with Gasteiger partial charge in [-0.1, -0.05) is 13.8 Å². The number of aliphatic hydroxyl groups excluding tert-OH is 1. The van der Waals surface area contributed by atoms with Crippen LogP contribution >= 0.6 is 11.8 Å². The normalized spacial score (nSPS) is 34.6. The summed E-state index contributed by atoms with van der Waals surface area (Å²) in [6, 6.07) is 0. The van der Waals surface area contributed by atoms with Crippen LogP contribution in [0.4, 0.5) is 0 Å². The maximum Gasteiger partial charge on any atom is 0.0512 e. The molecule has 0 spiro atoms. The first kappa shape index (κ1) is 11.4. The van der Waals surface area contributed by atoms with E-state index >= 15 is 0 Å². The van der Waals surface area contributed by atoms with E-state index in [0.717, 1.165) is 12.3 Å². The highest BCUT2D eigenvalue weighted by Crippen LogP contribution is 2.57. The summed E-state index contributed by atoms with van der Waals surface area (Å²) in [5.41, 5.74) is 0. The molecule has 0 aliphatic heterocycles. The van der Waals surface area contributed by atoms with Crippen molar-refractivity contribution in [2.24, 2.45) is 5.92 Å². The molecule has 0 aromatic rings. The molecule has 1 nitrogen and oxygen atoms in total. The van der Waals surface area contributed by atoms with Crippen LogP contribution in [0.5, 0.6) is 0 Å². The van der Waals surface area contributed by atoms with Crippen LogP contribution in [0.2, 0.25) is 0 Å². The van der Waals surface area contributed by atoms with Crippen molar-refractivity contribution in [2.75, 3.05) is 5.75 Å². The quantitative estimate of drug-likeness (QED) is 0.714. The summed E-state index contributed by atoms with van der Waals surface area (Å²) in [4.78, 5) is 0. The molecule has 0 radical (unpaired) electrons. The summed E-state index contributed by atoms with van der Waals surface area (Å²) in [5, 5.41) is 9.25. The van der Waals surface area contributed by atoms with Crippen LogP contribution in [0.1, 0.15) is 46.5 Å². The number of hydrogen-bond donors (Lipinski definition) is 1. The lowest BCUT2D eigenvalue weighted by molar-refractivity contribution is 0.180. The van der Waals surface area contributed by atoms with E-state index in [4.69, 9.17) is 0 Å². The van der Waals surface area contributed by atoms with Gasteiger partial charge in [0.15, 0.2) is 0 Å². The van der Waals surface area contributed by atoms with Crippen molar-refractivity contribution in [3.8, 4) is 0 Å². The first-order chi connectivity index (χ1) is 6.10. The third kappa shape index (κ3) is 3.17. The molecule has 0 aromatic heterocycles. The van der Waals surface area contributed by atoms with Gasteiger partial charge in [-0.2, -0.15) is 11.8 Å². The average molecular weight is 202 g/mol. The van der Waals surface area contributed by atoms with Crippen LogP contribution in [-0.4, -0.2) is 21.7 Å². The number of rotatable bonds is 6. The molecule has 1 aliphatic rings. The third-order valence-electron chi connectivity index (χ3n) is 2.97. The first-order valence-electron chi connectivity index (χ1n) is 5.43. The van der Waals surface area contributed by atoms with E-state index in [1.165, 1.54) is 25.0 Å². The number of aliphatic hydroxyl groups is 1. The largest absolute Gasteiger partial charge is 0.393 e. The van der Waals surface area contributed by atoms with Crippen molar-refractivity contribution in [3.63, 3.8) is 0 Å². The predicted molar refractivity (Wildman–Crippen MR) is 60.2 cm³/mol. The Morgan fingerprint density at radius 1 is 1.62 bits per heavy atom. The molecule has 1 rings (SSSR count). The summed E-state index contributed by atoms with van der Waals surface area (Å²) in [5.74, 6) is 2.16. The lowest BCUT2D eigenvalue weighted by Crippen LogP contribution is -2.11. The van der Waals surface area contributed by atoms with Crippen molar-refractivity contribution in [1.82, 2.24) is 0 Å². The molecule has 1 fully saturated rings. The van der Waals surface area contributed by atoms with E-state index in [2.05, 4.69) is 25.6 Å². The van der Waals surface area contributed by atoms with E-state index in [1.807, 2.05) is 6.92 Å². The molecule has 0 saturated heterocycles. The fraction of sp³-hybridized carbons (Fsp3) is 1.00. The fourth-order valence-electron chi connectivity index (χ4n) is 1.84. The van der Waals surface area contributed by atoms with Gasteiger partial charge >= 0.3 is 0 Å². The monoisotopic (exact) mass is 202 g/mol. The van der Waals surface area contributed by atoms with Gasteiger partial charge in [-0.25, -0.2) is 0 Å². The summed E-state index contributed by atoms with van der Waals surface area (Å²) < 4.78 is 0.549. The predicted octanol–water partition coefficient (Wildman–Crippen LogP) is 3.07. The molecule has 3 unspecified atom stereocenters. The van der Waals surface area contributed by atoms with E-state index in [1.54, 1.807) is 0 Å². The Balaban J connectivity index is 2.25. The number of thioether (sulfide) groups is 1. The van der Waals surface area contributed by atoms with Crippen LogP contribution in [0.3, 0.4) is 0 Å². The van der Waals surface area contributed by atoms with Gasteiger partial charge in [-0.15, -0.1) is 0 Å². The van der Waals surface area contributed by atoms with Gasteiger partial charge in [0.05, 0.1) is 6.10 Å². The van der Waals surface area contributed by atoms with Crippen molar-refractivity contribution < 1.29 is 5.11 Å². The maximum absolute atomic E-state index is 9.25. The van der Waals surface area contributed by atoms with Crippen LogP contribution in [0, 0.1) is 5.92 Å². The highest BCUT2D eigenvalue weighted by Gasteiger charge is 2.50. The van der Waals surface area contributed by atoms with Crippen molar-refractivity contribution in [1.29, 1.82) is 0 Å². The second kappa shape index (κ2) is 4.70. The molecule has 0 amide bonds. The Morgan fingerprint density at radius 2 is 2.23 bits per heavy atom. The van der Waals surface area contributed by atoms with Crippen LogP contribution in [-0.2, 0) is 0 Å². The minimum Gasteiger partial charge on any atom is -0.393 e. The summed E-state index contributed by atoms with van der Waals surface area (Å²) in [6.45, 7) is 6.47. The topological polar surface area (TPSA) is 20.2 Å². The minimum absolute atomic E-state index is 0.119.